The summed E-state index contributed by atoms with van der Waals surface area (Å²) in [4.78, 5) is 14.1. The van der Waals surface area contributed by atoms with Crippen LogP contribution in [0.5, 0.6) is 0 Å². The standard InChI is InChI=1S/C12H17FN2OS/c1-8(2)15(3)12(16)7-17-11-5-4-9(13)6-10(11)14/h4-6,8H,7,14H2,1-3H3. The van der Waals surface area contributed by atoms with Gasteiger partial charge in [0.15, 0.2) is 0 Å². The van der Waals surface area contributed by atoms with E-state index in [1.54, 1.807) is 18.0 Å². The van der Waals surface area contributed by atoms with Gasteiger partial charge in [0, 0.05) is 23.7 Å². The monoisotopic (exact) mass is 256 g/mol. The summed E-state index contributed by atoms with van der Waals surface area (Å²) < 4.78 is 12.8. The Morgan fingerprint density at radius 3 is 2.71 bits per heavy atom. The molecule has 0 atom stereocenters. The Labute approximate surface area is 105 Å². The first kappa shape index (κ1) is 13.8. The molecule has 0 aromatic heterocycles. The van der Waals surface area contributed by atoms with Crippen molar-refractivity contribution < 1.29 is 9.18 Å². The summed E-state index contributed by atoms with van der Waals surface area (Å²) in [6.07, 6.45) is 0. The number of nitrogens with zero attached hydrogens (tertiary/aromatic N) is 1. The van der Waals surface area contributed by atoms with Crippen LogP contribution in [0.3, 0.4) is 0 Å². The molecule has 1 rings (SSSR count). The van der Waals surface area contributed by atoms with Gasteiger partial charge >= 0.3 is 0 Å². The predicted molar refractivity (Wildman–Crippen MR) is 69.4 cm³/mol. The summed E-state index contributed by atoms with van der Waals surface area (Å²) in [7, 11) is 1.77. The number of nitrogen functional groups attached to an aromatic ring is 1. The molecule has 0 aliphatic heterocycles. The molecule has 0 heterocycles. The number of thioether (sulfide) groups is 1. The van der Waals surface area contributed by atoms with Gasteiger partial charge in [-0.2, -0.15) is 0 Å². The SMILES string of the molecule is CC(C)N(C)C(=O)CSc1ccc(F)cc1N. The average molecular weight is 256 g/mol. The first-order valence-corrected chi connectivity index (χ1v) is 6.34. The lowest BCUT2D eigenvalue weighted by Crippen LogP contribution is -2.34. The second-order valence-electron chi connectivity index (χ2n) is 4.07. The zero-order valence-corrected chi connectivity index (χ0v) is 11.1. The van der Waals surface area contributed by atoms with Crippen molar-refractivity contribution in [3.8, 4) is 0 Å². The van der Waals surface area contributed by atoms with E-state index in [4.69, 9.17) is 5.73 Å². The van der Waals surface area contributed by atoms with Crippen LogP contribution in [-0.2, 0) is 4.79 Å². The van der Waals surface area contributed by atoms with Crippen LogP contribution in [-0.4, -0.2) is 29.6 Å². The number of benzene rings is 1. The van der Waals surface area contributed by atoms with Crippen molar-refractivity contribution in [3.05, 3.63) is 24.0 Å². The van der Waals surface area contributed by atoms with Gasteiger partial charge in [-0.3, -0.25) is 4.79 Å². The van der Waals surface area contributed by atoms with Crippen LogP contribution in [0.25, 0.3) is 0 Å². The number of amides is 1. The second-order valence-corrected chi connectivity index (χ2v) is 5.09. The van der Waals surface area contributed by atoms with Gasteiger partial charge < -0.3 is 10.6 Å². The molecule has 0 spiro atoms. The quantitative estimate of drug-likeness (QED) is 0.664. The van der Waals surface area contributed by atoms with Crippen molar-refractivity contribution in [2.75, 3.05) is 18.5 Å². The molecule has 1 amide bonds. The van der Waals surface area contributed by atoms with Crippen LogP contribution in [0.15, 0.2) is 23.1 Å². The van der Waals surface area contributed by atoms with Gasteiger partial charge in [0.1, 0.15) is 5.82 Å². The summed E-state index contributed by atoms with van der Waals surface area (Å²) in [5, 5.41) is 0. The van der Waals surface area contributed by atoms with Crippen LogP contribution >= 0.6 is 11.8 Å². The van der Waals surface area contributed by atoms with E-state index in [0.29, 0.717) is 11.4 Å². The molecular weight excluding hydrogens is 239 g/mol. The second kappa shape index (κ2) is 5.91. The van der Waals surface area contributed by atoms with Gasteiger partial charge in [-0.05, 0) is 32.0 Å². The molecule has 1 aromatic rings. The summed E-state index contributed by atoms with van der Waals surface area (Å²) in [6.45, 7) is 3.91. The number of nitrogens with two attached hydrogens (primary N) is 1. The summed E-state index contributed by atoms with van der Waals surface area (Å²) in [5.74, 6) is -0.0176. The van der Waals surface area contributed by atoms with Crippen molar-refractivity contribution in [2.45, 2.75) is 24.8 Å². The normalized spacial score (nSPS) is 10.6. The predicted octanol–water partition coefficient (Wildman–Crippen LogP) is 2.37. The molecule has 0 saturated heterocycles. The molecule has 5 heteroatoms. The number of carbonyl (C=O) groups excluding carboxylic acids is 1. The van der Waals surface area contributed by atoms with E-state index in [0.717, 1.165) is 4.90 Å². The minimum absolute atomic E-state index is 0.0359. The fourth-order valence-electron chi connectivity index (χ4n) is 1.18. The van der Waals surface area contributed by atoms with E-state index in [2.05, 4.69) is 0 Å². The summed E-state index contributed by atoms with van der Waals surface area (Å²) >= 11 is 1.33. The molecule has 0 aliphatic rings. The molecular formula is C12H17FN2OS. The Balaban J connectivity index is 2.59. The number of anilines is 1. The third-order valence-electron chi connectivity index (χ3n) is 2.49. The van der Waals surface area contributed by atoms with Gasteiger partial charge in [-0.1, -0.05) is 0 Å². The Kier molecular flexibility index (Phi) is 4.81. The van der Waals surface area contributed by atoms with E-state index in [1.165, 1.54) is 23.9 Å². The molecule has 0 bridgehead atoms. The number of hydrogen-bond donors (Lipinski definition) is 1. The van der Waals surface area contributed by atoms with Gasteiger partial charge in [-0.25, -0.2) is 4.39 Å². The van der Waals surface area contributed by atoms with E-state index >= 15 is 0 Å². The highest BCUT2D eigenvalue weighted by molar-refractivity contribution is 8.00. The number of hydrogen-bond acceptors (Lipinski definition) is 3. The highest BCUT2D eigenvalue weighted by Crippen LogP contribution is 2.25. The van der Waals surface area contributed by atoms with Gasteiger partial charge in [-0.15, -0.1) is 11.8 Å². The van der Waals surface area contributed by atoms with E-state index in [9.17, 15) is 9.18 Å². The Morgan fingerprint density at radius 2 is 2.18 bits per heavy atom. The first-order chi connectivity index (χ1) is 7.91. The summed E-state index contributed by atoms with van der Waals surface area (Å²) in [5.41, 5.74) is 6.03. The Hall–Kier alpha value is -1.23. The van der Waals surface area contributed by atoms with Crippen molar-refractivity contribution in [1.82, 2.24) is 4.90 Å². The molecule has 3 nitrogen and oxygen atoms in total. The van der Waals surface area contributed by atoms with E-state index in [-0.39, 0.29) is 17.8 Å². The number of halogens is 1. The lowest BCUT2D eigenvalue weighted by molar-refractivity contribution is -0.128. The van der Waals surface area contributed by atoms with Crippen LogP contribution in [0, 0.1) is 5.82 Å². The van der Waals surface area contributed by atoms with Crippen LogP contribution in [0.4, 0.5) is 10.1 Å². The molecule has 2 N–H and O–H groups in total. The van der Waals surface area contributed by atoms with Gasteiger partial charge in [0.25, 0.3) is 0 Å². The molecule has 94 valence electrons. The minimum Gasteiger partial charge on any atom is -0.398 e. The first-order valence-electron chi connectivity index (χ1n) is 5.35. The molecule has 0 fully saturated rings. The third kappa shape index (κ3) is 3.93. The highest BCUT2D eigenvalue weighted by Gasteiger charge is 2.12. The van der Waals surface area contributed by atoms with Crippen molar-refractivity contribution >= 4 is 23.4 Å². The zero-order chi connectivity index (χ0) is 13.0. The van der Waals surface area contributed by atoms with Crippen LogP contribution in [0.1, 0.15) is 13.8 Å². The maximum atomic E-state index is 12.8. The zero-order valence-electron chi connectivity index (χ0n) is 10.2. The fourth-order valence-corrected chi connectivity index (χ4v) is 2.05. The number of rotatable bonds is 4. The largest absolute Gasteiger partial charge is 0.398 e. The fraction of sp³-hybridized carbons (Fsp3) is 0.417. The topological polar surface area (TPSA) is 46.3 Å². The van der Waals surface area contributed by atoms with E-state index in [1.807, 2.05) is 13.8 Å². The van der Waals surface area contributed by atoms with Gasteiger partial charge in [0.05, 0.1) is 5.75 Å². The Bertz CT molecular complexity index is 409. The molecule has 0 saturated carbocycles. The Morgan fingerprint density at radius 1 is 1.53 bits per heavy atom. The van der Waals surface area contributed by atoms with Gasteiger partial charge in [0.2, 0.25) is 5.91 Å². The third-order valence-corrected chi connectivity index (χ3v) is 3.57. The molecule has 0 radical (unpaired) electrons. The maximum absolute atomic E-state index is 12.8. The van der Waals surface area contributed by atoms with Crippen molar-refractivity contribution in [2.24, 2.45) is 0 Å². The molecule has 17 heavy (non-hydrogen) atoms. The highest BCUT2D eigenvalue weighted by atomic mass is 32.2. The summed E-state index contributed by atoms with van der Waals surface area (Å²) in [6, 6.07) is 4.38. The van der Waals surface area contributed by atoms with Crippen LogP contribution in [0.2, 0.25) is 0 Å². The molecule has 0 unspecified atom stereocenters. The lowest BCUT2D eigenvalue weighted by Gasteiger charge is -2.21. The van der Waals surface area contributed by atoms with Crippen molar-refractivity contribution in [3.63, 3.8) is 0 Å². The van der Waals surface area contributed by atoms with E-state index < -0.39 is 0 Å². The molecule has 1 aromatic carbocycles. The van der Waals surface area contributed by atoms with Crippen LogP contribution < -0.4 is 5.73 Å². The maximum Gasteiger partial charge on any atom is 0.232 e. The van der Waals surface area contributed by atoms with Crippen molar-refractivity contribution in [1.29, 1.82) is 0 Å². The lowest BCUT2D eigenvalue weighted by atomic mass is 10.3. The average Bonchev–Trinajstić information content (AvgIpc) is 2.26. The number of carbonyl (C=O) groups is 1. The molecule has 0 aliphatic carbocycles. The minimum atomic E-state index is -0.363. The smallest absolute Gasteiger partial charge is 0.232 e.